The number of hydrogen-bond acceptors (Lipinski definition) is 3. The molecule has 2 rings (SSSR count). The molecule has 0 spiro atoms. The van der Waals surface area contributed by atoms with Gasteiger partial charge >= 0.3 is 0 Å². The molecule has 2 aliphatic rings. The van der Waals surface area contributed by atoms with Gasteiger partial charge in [-0.3, -0.25) is 4.79 Å². The van der Waals surface area contributed by atoms with E-state index in [1.165, 1.54) is 38.8 Å². The normalized spacial score (nSPS) is 25.1. The van der Waals surface area contributed by atoms with Gasteiger partial charge in [0.1, 0.15) is 0 Å². The first-order chi connectivity index (χ1) is 9.66. The zero-order valence-corrected chi connectivity index (χ0v) is 13.0. The Morgan fingerprint density at radius 2 is 1.75 bits per heavy atom. The number of rotatable bonds is 5. The number of nitrogens with two attached hydrogens (primary N) is 1. The molecule has 0 aromatic carbocycles. The highest BCUT2D eigenvalue weighted by molar-refractivity contribution is 5.83. The lowest BCUT2D eigenvalue weighted by Crippen LogP contribution is -2.52. The number of nitrogens with one attached hydrogen (secondary N) is 1. The Kier molecular flexibility index (Phi) is 5.85. The fraction of sp³-hybridized carbons (Fsp3) is 0.938. The van der Waals surface area contributed by atoms with Gasteiger partial charge in [-0.25, -0.2) is 0 Å². The van der Waals surface area contributed by atoms with E-state index in [-0.39, 0.29) is 17.4 Å². The minimum atomic E-state index is -0.283. The third-order valence-electron chi connectivity index (χ3n) is 5.04. The van der Waals surface area contributed by atoms with E-state index in [9.17, 15) is 4.79 Å². The van der Waals surface area contributed by atoms with Crippen LogP contribution in [0.5, 0.6) is 0 Å². The molecule has 1 unspecified atom stereocenters. The van der Waals surface area contributed by atoms with Crippen LogP contribution in [0.15, 0.2) is 0 Å². The fourth-order valence-corrected chi connectivity index (χ4v) is 3.70. The van der Waals surface area contributed by atoms with Crippen molar-refractivity contribution < 1.29 is 4.79 Å². The molecule has 1 amide bonds. The molecule has 0 radical (unpaired) electrons. The maximum Gasteiger partial charge on any atom is 0.227 e. The van der Waals surface area contributed by atoms with Crippen molar-refractivity contribution in [2.45, 2.75) is 64.3 Å². The van der Waals surface area contributed by atoms with Gasteiger partial charge < -0.3 is 16.0 Å². The summed E-state index contributed by atoms with van der Waals surface area (Å²) in [6, 6.07) is 0.228. The molecular formula is C16H31N3O. The molecule has 2 fully saturated rings. The van der Waals surface area contributed by atoms with Crippen LogP contribution in [0.3, 0.4) is 0 Å². The Bertz CT molecular complexity index is 307. The van der Waals surface area contributed by atoms with Gasteiger partial charge in [0.25, 0.3) is 0 Å². The Hall–Kier alpha value is -0.610. The Morgan fingerprint density at radius 1 is 1.15 bits per heavy atom. The molecule has 0 bridgehead atoms. The summed E-state index contributed by atoms with van der Waals surface area (Å²) < 4.78 is 0. The summed E-state index contributed by atoms with van der Waals surface area (Å²) in [6.45, 7) is 5.96. The molecule has 4 nitrogen and oxygen atoms in total. The monoisotopic (exact) mass is 281 g/mol. The first-order valence-corrected chi connectivity index (χ1v) is 8.40. The van der Waals surface area contributed by atoms with E-state index in [0.717, 1.165) is 32.2 Å². The van der Waals surface area contributed by atoms with Gasteiger partial charge in [0.15, 0.2) is 0 Å². The first-order valence-electron chi connectivity index (χ1n) is 8.40. The molecule has 4 heteroatoms. The van der Waals surface area contributed by atoms with Crippen LogP contribution in [0.25, 0.3) is 0 Å². The molecule has 20 heavy (non-hydrogen) atoms. The third kappa shape index (κ3) is 3.95. The molecule has 1 saturated heterocycles. The van der Waals surface area contributed by atoms with Crippen LogP contribution >= 0.6 is 0 Å². The average Bonchev–Trinajstić information content (AvgIpc) is 2.48. The van der Waals surface area contributed by atoms with E-state index in [0.29, 0.717) is 6.54 Å². The molecule has 1 aliphatic carbocycles. The van der Waals surface area contributed by atoms with E-state index in [4.69, 9.17) is 5.73 Å². The molecule has 1 aliphatic heterocycles. The highest BCUT2D eigenvalue weighted by atomic mass is 16.2. The predicted molar refractivity (Wildman–Crippen MR) is 82.5 cm³/mol. The van der Waals surface area contributed by atoms with E-state index < -0.39 is 0 Å². The Balaban J connectivity index is 1.82. The molecule has 0 aromatic heterocycles. The van der Waals surface area contributed by atoms with Crippen molar-refractivity contribution in [1.29, 1.82) is 0 Å². The van der Waals surface area contributed by atoms with Gasteiger partial charge in [0.05, 0.1) is 5.41 Å². The average molecular weight is 281 g/mol. The van der Waals surface area contributed by atoms with Gasteiger partial charge in [-0.05, 0) is 45.7 Å². The van der Waals surface area contributed by atoms with Crippen LogP contribution in [-0.4, -0.2) is 43.0 Å². The quantitative estimate of drug-likeness (QED) is 0.809. The van der Waals surface area contributed by atoms with Gasteiger partial charge in [-0.1, -0.05) is 25.7 Å². The van der Waals surface area contributed by atoms with Crippen molar-refractivity contribution in [3.63, 3.8) is 0 Å². The summed E-state index contributed by atoms with van der Waals surface area (Å²) in [5.41, 5.74) is 5.64. The van der Waals surface area contributed by atoms with Crippen molar-refractivity contribution in [3.05, 3.63) is 0 Å². The summed E-state index contributed by atoms with van der Waals surface area (Å²) in [5, 5.41) is 3.23. The molecule has 1 heterocycles. The lowest BCUT2D eigenvalue weighted by Gasteiger charge is -2.36. The number of hydrogen-bond donors (Lipinski definition) is 2. The van der Waals surface area contributed by atoms with Gasteiger partial charge in [-0.15, -0.1) is 0 Å². The lowest BCUT2D eigenvalue weighted by atomic mass is 9.73. The van der Waals surface area contributed by atoms with Crippen LogP contribution in [0, 0.1) is 5.41 Å². The number of piperidine rings is 1. The van der Waals surface area contributed by atoms with Crippen molar-refractivity contribution in [2.24, 2.45) is 11.1 Å². The van der Waals surface area contributed by atoms with E-state index in [1.54, 1.807) is 0 Å². The number of nitrogens with zero attached hydrogens (tertiary/aromatic N) is 1. The van der Waals surface area contributed by atoms with Crippen LogP contribution in [0.2, 0.25) is 0 Å². The van der Waals surface area contributed by atoms with Crippen molar-refractivity contribution in [3.8, 4) is 0 Å². The zero-order chi connectivity index (χ0) is 14.4. The molecule has 1 saturated carbocycles. The maximum absolute atomic E-state index is 12.6. The zero-order valence-electron chi connectivity index (χ0n) is 13.0. The van der Waals surface area contributed by atoms with E-state index in [2.05, 4.69) is 17.1 Å². The molecule has 116 valence electrons. The van der Waals surface area contributed by atoms with E-state index >= 15 is 0 Å². The highest BCUT2D eigenvalue weighted by Gasteiger charge is 2.38. The largest absolute Gasteiger partial charge is 0.352 e. The molecule has 3 N–H and O–H groups in total. The maximum atomic E-state index is 12.6. The lowest BCUT2D eigenvalue weighted by molar-refractivity contribution is -0.133. The van der Waals surface area contributed by atoms with Crippen molar-refractivity contribution >= 4 is 5.91 Å². The summed E-state index contributed by atoms with van der Waals surface area (Å²) in [6.07, 6.45) is 9.42. The standard InChI is InChI=1S/C16H31N3O/c1-14(12-19-10-6-3-7-11-19)18-15(20)16(13-17)8-4-2-5-9-16/h14H,2-13,17H2,1H3,(H,18,20). The van der Waals surface area contributed by atoms with E-state index in [1.807, 2.05) is 0 Å². The highest BCUT2D eigenvalue weighted by Crippen LogP contribution is 2.35. The van der Waals surface area contributed by atoms with Gasteiger partial charge in [-0.2, -0.15) is 0 Å². The summed E-state index contributed by atoms with van der Waals surface area (Å²) in [5.74, 6) is 0.198. The summed E-state index contributed by atoms with van der Waals surface area (Å²) in [7, 11) is 0. The topological polar surface area (TPSA) is 58.4 Å². The second kappa shape index (κ2) is 7.41. The Morgan fingerprint density at radius 3 is 2.35 bits per heavy atom. The number of carbonyl (C=O) groups is 1. The van der Waals surface area contributed by atoms with Crippen molar-refractivity contribution in [2.75, 3.05) is 26.2 Å². The Labute approximate surface area is 123 Å². The minimum Gasteiger partial charge on any atom is -0.352 e. The van der Waals surface area contributed by atoms with Crippen LogP contribution in [-0.2, 0) is 4.79 Å². The van der Waals surface area contributed by atoms with Gasteiger partial charge in [0.2, 0.25) is 5.91 Å². The van der Waals surface area contributed by atoms with Crippen molar-refractivity contribution in [1.82, 2.24) is 10.2 Å². The predicted octanol–water partition coefficient (Wildman–Crippen LogP) is 1.89. The SMILES string of the molecule is CC(CN1CCCCC1)NC(=O)C1(CN)CCCCC1. The minimum absolute atomic E-state index is 0.198. The molecular weight excluding hydrogens is 250 g/mol. The second-order valence-electron chi connectivity index (χ2n) is 6.78. The number of amides is 1. The molecule has 0 aromatic rings. The van der Waals surface area contributed by atoms with Gasteiger partial charge in [0, 0.05) is 19.1 Å². The molecule has 1 atom stereocenters. The van der Waals surface area contributed by atoms with Crippen LogP contribution in [0.4, 0.5) is 0 Å². The fourth-order valence-electron chi connectivity index (χ4n) is 3.70. The number of carbonyl (C=O) groups excluding carboxylic acids is 1. The summed E-state index contributed by atoms with van der Waals surface area (Å²) >= 11 is 0. The first kappa shape index (κ1) is 15.8. The third-order valence-corrected chi connectivity index (χ3v) is 5.04. The second-order valence-corrected chi connectivity index (χ2v) is 6.78. The van der Waals surface area contributed by atoms with Crippen LogP contribution in [0.1, 0.15) is 58.3 Å². The summed E-state index contributed by atoms with van der Waals surface area (Å²) in [4.78, 5) is 15.1. The smallest absolute Gasteiger partial charge is 0.227 e. The van der Waals surface area contributed by atoms with Crippen LogP contribution < -0.4 is 11.1 Å². The number of likely N-dealkylation sites (tertiary alicyclic amines) is 1.